The van der Waals surface area contributed by atoms with Gasteiger partial charge in [0.15, 0.2) is 6.10 Å². The van der Waals surface area contributed by atoms with E-state index in [-0.39, 0.29) is 95.0 Å². The zero-order chi connectivity index (χ0) is 44.0. The lowest BCUT2D eigenvalue weighted by molar-refractivity contribution is -0.147. The monoisotopic (exact) mass is 840 g/mol. The molecule has 0 heterocycles. The summed E-state index contributed by atoms with van der Waals surface area (Å²) < 4.78 is 39.0. The summed E-state index contributed by atoms with van der Waals surface area (Å²) in [6.07, 6.45) is -0.206. The molecule has 0 N–H and O–H groups in total. The third kappa shape index (κ3) is 15.0. The van der Waals surface area contributed by atoms with Crippen molar-refractivity contribution in [3.8, 4) is 11.5 Å². The first-order valence-electron chi connectivity index (χ1n) is 20.0. The third-order valence-corrected chi connectivity index (χ3v) is 8.73. The molecule has 0 saturated carbocycles. The van der Waals surface area contributed by atoms with Crippen LogP contribution >= 0.6 is 0 Å². The van der Waals surface area contributed by atoms with E-state index >= 15 is 0 Å². The van der Waals surface area contributed by atoms with Gasteiger partial charge in [0.2, 0.25) is 0 Å². The van der Waals surface area contributed by atoms with Gasteiger partial charge in [-0.25, -0.2) is 0 Å². The van der Waals surface area contributed by atoms with Crippen molar-refractivity contribution in [3.63, 3.8) is 0 Å². The number of carbonyl (C=O) groups excluding carboxylic acids is 6. The van der Waals surface area contributed by atoms with Crippen LogP contribution in [0.1, 0.15) is 60.8 Å². The van der Waals surface area contributed by atoms with E-state index in [1.807, 2.05) is 60.7 Å². The topological polar surface area (TPSA) is 174 Å². The molecule has 0 aromatic heterocycles. The Morgan fingerprint density at radius 3 is 1.44 bits per heavy atom. The van der Waals surface area contributed by atoms with E-state index in [4.69, 9.17) is 33.2 Å². The molecule has 15 nitrogen and oxygen atoms in total. The van der Waals surface area contributed by atoms with Crippen molar-refractivity contribution < 1.29 is 61.9 Å². The normalized spacial score (nSPS) is 10.6. The number of hydrogen-bond acceptors (Lipinski definition) is 15. The predicted molar refractivity (Wildman–Crippen MR) is 225 cm³/mol. The zero-order valence-electron chi connectivity index (χ0n) is 34.9. The van der Waals surface area contributed by atoms with Crippen LogP contribution in [-0.2, 0) is 54.1 Å². The Bertz CT molecular complexity index is 1980. The Balaban J connectivity index is 1.62. The number of aldehydes is 1. The van der Waals surface area contributed by atoms with Gasteiger partial charge in [0.05, 0.1) is 44.2 Å². The Morgan fingerprint density at radius 1 is 0.525 bits per heavy atom. The van der Waals surface area contributed by atoms with Gasteiger partial charge in [-0.1, -0.05) is 66.7 Å². The highest BCUT2D eigenvalue weighted by molar-refractivity contribution is 5.85. The van der Waals surface area contributed by atoms with Crippen LogP contribution in [0.2, 0.25) is 0 Å². The Labute approximate surface area is 355 Å². The van der Waals surface area contributed by atoms with Gasteiger partial charge >= 0.3 is 29.8 Å². The van der Waals surface area contributed by atoms with Crippen molar-refractivity contribution in [1.29, 1.82) is 0 Å². The number of nitrogens with zero attached hydrogens (tertiary/aromatic N) is 2. The molecule has 4 rings (SSSR count). The number of rotatable bonds is 25. The highest BCUT2D eigenvalue weighted by Gasteiger charge is 2.25. The van der Waals surface area contributed by atoms with Gasteiger partial charge < -0.3 is 43.0 Å². The fraction of sp³-hybridized carbons (Fsp3) is 0.348. The molecular weight excluding hydrogens is 789 g/mol. The first kappa shape index (κ1) is 46.8. The first-order chi connectivity index (χ1) is 29.6. The smallest absolute Gasteiger partial charge is 0.325 e. The van der Waals surface area contributed by atoms with Crippen LogP contribution in [0.5, 0.6) is 11.5 Å². The van der Waals surface area contributed by atoms with Gasteiger partial charge in [-0.3, -0.25) is 28.8 Å². The standard InChI is InChI=1S/C46H52N2O13/c1-5-55-42(51)28-47(29-43(52)56-6-2)37-21-19-34(32-49)26-40(37)60-24-23-59-39-22-20-33(25-38(39)48(30-44(53)57-7-3)31-45(54)58-8-4)27-41(50)61-46(35-15-11-9-12-16-35)36-17-13-10-14-18-36/h9-22,25-26,32,46H,5-8,23-24,27-31H2,1-4H3. The Kier molecular flexibility index (Phi) is 19.1. The molecule has 0 spiro atoms. The largest absolute Gasteiger partial charge is 0.488 e. The van der Waals surface area contributed by atoms with Crippen LogP contribution in [-0.4, -0.2) is 102 Å². The Morgan fingerprint density at radius 2 is 0.984 bits per heavy atom. The highest BCUT2D eigenvalue weighted by Crippen LogP contribution is 2.33. The van der Waals surface area contributed by atoms with Crippen LogP contribution in [0.25, 0.3) is 0 Å². The Hall–Kier alpha value is -6.90. The van der Waals surface area contributed by atoms with Crippen molar-refractivity contribution in [1.82, 2.24) is 0 Å². The van der Waals surface area contributed by atoms with Crippen LogP contribution < -0.4 is 19.3 Å². The molecule has 0 saturated heterocycles. The van der Waals surface area contributed by atoms with Gasteiger partial charge in [0, 0.05) is 5.56 Å². The molecule has 0 aliphatic carbocycles. The number of hydrogen-bond donors (Lipinski definition) is 0. The van der Waals surface area contributed by atoms with Crippen LogP contribution in [0, 0.1) is 0 Å². The number of anilines is 2. The minimum atomic E-state index is -0.670. The second-order valence-corrected chi connectivity index (χ2v) is 13.1. The molecule has 0 bridgehead atoms. The lowest BCUT2D eigenvalue weighted by atomic mass is 10.0. The second-order valence-electron chi connectivity index (χ2n) is 13.1. The molecule has 0 unspecified atom stereocenters. The lowest BCUT2D eigenvalue weighted by Gasteiger charge is -2.26. The van der Waals surface area contributed by atoms with Crippen LogP contribution in [0.3, 0.4) is 0 Å². The van der Waals surface area contributed by atoms with Crippen LogP contribution in [0.4, 0.5) is 11.4 Å². The van der Waals surface area contributed by atoms with E-state index in [0.29, 0.717) is 17.5 Å². The first-order valence-corrected chi connectivity index (χ1v) is 20.0. The predicted octanol–water partition coefficient (Wildman–Crippen LogP) is 5.70. The van der Waals surface area contributed by atoms with Gasteiger partial charge in [0.1, 0.15) is 57.2 Å². The maximum Gasteiger partial charge on any atom is 0.325 e. The van der Waals surface area contributed by atoms with Crippen molar-refractivity contribution in [2.24, 2.45) is 0 Å². The summed E-state index contributed by atoms with van der Waals surface area (Å²) in [5.74, 6) is -2.53. The molecule has 15 heteroatoms. The molecule has 0 aliphatic heterocycles. The maximum absolute atomic E-state index is 13.6. The van der Waals surface area contributed by atoms with Crippen molar-refractivity contribution in [3.05, 3.63) is 119 Å². The van der Waals surface area contributed by atoms with Crippen molar-refractivity contribution >= 4 is 47.5 Å². The molecule has 4 aromatic carbocycles. The van der Waals surface area contributed by atoms with E-state index in [1.54, 1.807) is 52.0 Å². The molecule has 0 fully saturated rings. The van der Waals surface area contributed by atoms with Gasteiger partial charge in [0.25, 0.3) is 0 Å². The number of ether oxygens (including phenoxy) is 7. The average molecular weight is 841 g/mol. The van der Waals surface area contributed by atoms with Gasteiger partial charge in [-0.2, -0.15) is 0 Å². The minimum absolute atomic E-state index is 0.0998. The molecular formula is C46H52N2O13. The summed E-state index contributed by atoms with van der Waals surface area (Å²) in [6.45, 7) is 5.59. The summed E-state index contributed by atoms with van der Waals surface area (Å²) in [5, 5.41) is 0. The van der Waals surface area contributed by atoms with Crippen molar-refractivity contribution in [2.45, 2.75) is 40.2 Å². The summed E-state index contributed by atoms with van der Waals surface area (Å²) >= 11 is 0. The fourth-order valence-electron chi connectivity index (χ4n) is 6.15. The molecule has 4 aromatic rings. The second kappa shape index (κ2) is 24.9. The van der Waals surface area contributed by atoms with E-state index in [0.717, 1.165) is 11.1 Å². The molecule has 0 amide bonds. The molecule has 0 atom stereocenters. The van der Waals surface area contributed by atoms with E-state index in [9.17, 15) is 28.8 Å². The number of carbonyl (C=O) groups is 6. The average Bonchev–Trinajstić information content (AvgIpc) is 3.25. The number of benzene rings is 4. The summed E-state index contributed by atoms with van der Waals surface area (Å²) in [7, 11) is 0. The van der Waals surface area contributed by atoms with E-state index in [1.165, 1.54) is 21.9 Å². The molecule has 61 heavy (non-hydrogen) atoms. The lowest BCUT2D eigenvalue weighted by Crippen LogP contribution is -2.37. The summed E-state index contributed by atoms with van der Waals surface area (Å²) in [6, 6.07) is 28.2. The summed E-state index contributed by atoms with van der Waals surface area (Å²) in [5.41, 5.74) is 2.96. The quantitative estimate of drug-likeness (QED) is 0.0344. The maximum atomic E-state index is 13.6. The van der Waals surface area contributed by atoms with Gasteiger partial charge in [-0.15, -0.1) is 0 Å². The molecule has 324 valence electrons. The molecule has 0 aliphatic rings. The zero-order valence-corrected chi connectivity index (χ0v) is 34.9. The summed E-state index contributed by atoms with van der Waals surface area (Å²) in [4.78, 5) is 79.0. The third-order valence-electron chi connectivity index (χ3n) is 8.73. The molecule has 0 radical (unpaired) electrons. The highest BCUT2D eigenvalue weighted by atomic mass is 16.6. The fourth-order valence-corrected chi connectivity index (χ4v) is 6.15. The van der Waals surface area contributed by atoms with Gasteiger partial charge in [-0.05, 0) is 74.7 Å². The van der Waals surface area contributed by atoms with E-state index in [2.05, 4.69) is 0 Å². The van der Waals surface area contributed by atoms with Crippen LogP contribution in [0.15, 0.2) is 97.1 Å². The minimum Gasteiger partial charge on any atom is -0.488 e. The van der Waals surface area contributed by atoms with Crippen molar-refractivity contribution in [2.75, 3.05) is 75.6 Å². The SMILES string of the molecule is CCOC(=O)CN(CC(=O)OCC)c1ccc(C=O)cc1OCCOc1ccc(CC(=O)OC(c2ccccc2)c2ccccc2)cc1N(CC(=O)OCC)CC(=O)OCC. The number of esters is 5. The van der Waals surface area contributed by atoms with E-state index < -0.39 is 36.0 Å².